The number of nitrogens with zero attached hydrogens (tertiary/aromatic N) is 2. The van der Waals surface area contributed by atoms with Gasteiger partial charge in [0, 0.05) is 23.1 Å². The second-order valence-electron chi connectivity index (χ2n) is 5.28. The van der Waals surface area contributed by atoms with Crippen molar-refractivity contribution in [3.63, 3.8) is 0 Å². The molecule has 6 heteroatoms. The first-order valence-electron chi connectivity index (χ1n) is 6.80. The summed E-state index contributed by atoms with van der Waals surface area (Å²) in [7, 11) is 4.05. The maximum absolute atomic E-state index is 11.8. The first kappa shape index (κ1) is 15.3. The van der Waals surface area contributed by atoms with Crippen molar-refractivity contribution in [2.24, 2.45) is 5.92 Å². The Balaban J connectivity index is 1.94. The molecule has 0 radical (unpaired) electrons. The van der Waals surface area contributed by atoms with Crippen LogP contribution in [-0.4, -0.2) is 43.0 Å². The van der Waals surface area contributed by atoms with Crippen LogP contribution in [0.2, 0.25) is 0 Å². The number of nitrogens with one attached hydrogen (secondary N) is 1. The predicted octanol–water partition coefficient (Wildman–Crippen LogP) is 2.52. The SMILES string of the molecule is CN(C)CCCOc1ncc(Br)cc1NC(=O)C1CC1. The Hall–Kier alpha value is -1.14. The van der Waals surface area contributed by atoms with Crippen molar-refractivity contribution in [1.29, 1.82) is 0 Å². The highest BCUT2D eigenvalue weighted by atomic mass is 79.9. The van der Waals surface area contributed by atoms with Crippen molar-refractivity contribution in [2.75, 3.05) is 32.6 Å². The van der Waals surface area contributed by atoms with Crippen molar-refractivity contribution in [1.82, 2.24) is 9.88 Å². The lowest BCUT2D eigenvalue weighted by Crippen LogP contribution is -2.17. The number of halogens is 1. The molecule has 1 aromatic rings. The quantitative estimate of drug-likeness (QED) is 0.774. The molecule has 110 valence electrons. The Morgan fingerprint density at radius 2 is 2.30 bits per heavy atom. The van der Waals surface area contributed by atoms with Gasteiger partial charge in [-0.2, -0.15) is 0 Å². The molecule has 5 nitrogen and oxygen atoms in total. The van der Waals surface area contributed by atoms with E-state index in [1.54, 1.807) is 6.20 Å². The fourth-order valence-corrected chi connectivity index (χ4v) is 2.09. The summed E-state index contributed by atoms with van der Waals surface area (Å²) in [5.74, 6) is 0.708. The van der Waals surface area contributed by atoms with E-state index >= 15 is 0 Å². The summed E-state index contributed by atoms with van der Waals surface area (Å²) in [6.07, 6.45) is 4.55. The number of amides is 1. The molecule has 0 bridgehead atoms. The summed E-state index contributed by atoms with van der Waals surface area (Å²) < 4.78 is 6.49. The van der Waals surface area contributed by atoms with Crippen molar-refractivity contribution in [2.45, 2.75) is 19.3 Å². The van der Waals surface area contributed by atoms with Crippen LogP contribution >= 0.6 is 15.9 Å². The highest BCUT2D eigenvalue weighted by Gasteiger charge is 2.30. The monoisotopic (exact) mass is 341 g/mol. The van der Waals surface area contributed by atoms with Gasteiger partial charge in [0.2, 0.25) is 11.8 Å². The van der Waals surface area contributed by atoms with Gasteiger partial charge in [-0.05, 0) is 55.4 Å². The van der Waals surface area contributed by atoms with Crippen LogP contribution in [0, 0.1) is 5.92 Å². The smallest absolute Gasteiger partial charge is 0.237 e. The molecule has 1 heterocycles. The van der Waals surface area contributed by atoms with E-state index in [4.69, 9.17) is 4.74 Å². The molecule has 0 spiro atoms. The summed E-state index contributed by atoms with van der Waals surface area (Å²) >= 11 is 3.36. The van der Waals surface area contributed by atoms with E-state index in [1.165, 1.54) is 0 Å². The highest BCUT2D eigenvalue weighted by Crippen LogP contribution is 2.32. The van der Waals surface area contributed by atoms with Gasteiger partial charge in [-0.25, -0.2) is 4.98 Å². The average molecular weight is 342 g/mol. The number of hydrogen-bond acceptors (Lipinski definition) is 4. The largest absolute Gasteiger partial charge is 0.476 e. The number of aromatic nitrogens is 1. The lowest BCUT2D eigenvalue weighted by Gasteiger charge is -2.13. The number of rotatable bonds is 7. The summed E-state index contributed by atoms with van der Waals surface area (Å²) in [5.41, 5.74) is 0.640. The van der Waals surface area contributed by atoms with Crippen LogP contribution in [0.25, 0.3) is 0 Å². The molecular weight excluding hydrogens is 322 g/mol. The molecule has 1 aliphatic carbocycles. The Bertz CT molecular complexity index is 475. The lowest BCUT2D eigenvalue weighted by molar-refractivity contribution is -0.117. The third kappa shape index (κ3) is 4.76. The maximum atomic E-state index is 11.8. The van der Waals surface area contributed by atoms with Gasteiger partial charge < -0.3 is 15.0 Å². The van der Waals surface area contributed by atoms with Crippen LogP contribution in [0.5, 0.6) is 5.88 Å². The Labute approximate surface area is 127 Å². The van der Waals surface area contributed by atoms with Gasteiger partial charge in [-0.1, -0.05) is 0 Å². The zero-order valence-electron chi connectivity index (χ0n) is 11.9. The number of pyridine rings is 1. The van der Waals surface area contributed by atoms with Crippen LogP contribution in [0.4, 0.5) is 5.69 Å². The van der Waals surface area contributed by atoms with Crippen LogP contribution in [0.3, 0.4) is 0 Å². The molecule has 1 amide bonds. The number of carbonyl (C=O) groups is 1. The van der Waals surface area contributed by atoms with Gasteiger partial charge in [0.25, 0.3) is 0 Å². The number of hydrogen-bond donors (Lipinski definition) is 1. The zero-order valence-corrected chi connectivity index (χ0v) is 13.4. The standard InChI is InChI=1S/C14H20BrN3O2/c1-18(2)6-3-7-20-14-12(8-11(15)9-16-14)17-13(19)10-4-5-10/h8-10H,3-7H2,1-2H3,(H,17,19). The molecule has 20 heavy (non-hydrogen) atoms. The van der Waals surface area contributed by atoms with E-state index < -0.39 is 0 Å². The number of ether oxygens (including phenoxy) is 1. The van der Waals surface area contributed by atoms with Gasteiger partial charge in [0.15, 0.2) is 0 Å². The van der Waals surface area contributed by atoms with E-state index in [9.17, 15) is 4.79 Å². The van der Waals surface area contributed by atoms with Gasteiger partial charge in [-0.15, -0.1) is 0 Å². The molecule has 0 atom stereocenters. The van der Waals surface area contributed by atoms with Gasteiger partial charge in [0.1, 0.15) is 5.69 Å². The first-order valence-corrected chi connectivity index (χ1v) is 7.59. The normalized spacial score (nSPS) is 14.4. The molecule has 0 unspecified atom stereocenters. The van der Waals surface area contributed by atoms with Crippen LogP contribution in [0.1, 0.15) is 19.3 Å². The Kier molecular flexibility index (Phi) is 5.37. The van der Waals surface area contributed by atoms with Crippen molar-refractivity contribution in [3.8, 4) is 5.88 Å². The minimum absolute atomic E-state index is 0.0584. The van der Waals surface area contributed by atoms with Crippen molar-refractivity contribution < 1.29 is 9.53 Å². The molecule has 2 rings (SSSR count). The predicted molar refractivity (Wildman–Crippen MR) is 82.0 cm³/mol. The number of anilines is 1. The number of carbonyl (C=O) groups excluding carboxylic acids is 1. The minimum Gasteiger partial charge on any atom is -0.476 e. The lowest BCUT2D eigenvalue weighted by atomic mass is 10.3. The van der Waals surface area contributed by atoms with Gasteiger partial charge in [0.05, 0.1) is 6.61 Å². The van der Waals surface area contributed by atoms with Gasteiger partial charge in [-0.3, -0.25) is 4.79 Å². The first-order chi connectivity index (χ1) is 9.56. The molecule has 0 saturated heterocycles. The molecule has 1 aromatic heterocycles. The van der Waals surface area contributed by atoms with E-state index in [0.717, 1.165) is 30.3 Å². The summed E-state index contributed by atoms with van der Waals surface area (Å²) in [5, 5.41) is 2.90. The summed E-state index contributed by atoms with van der Waals surface area (Å²) in [6, 6.07) is 1.83. The zero-order chi connectivity index (χ0) is 14.5. The van der Waals surface area contributed by atoms with Crippen LogP contribution in [0.15, 0.2) is 16.7 Å². The second kappa shape index (κ2) is 7.04. The maximum Gasteiger partial charge on any atom is 0.237 e. The molecule has 0 aromatic carbocycles. The van der Waals surface area contributed by atoms with Crippen molar-refractivity contribution in [3.05, 3.63) is 16.7 Å². The molecule has 1 aliphatic rings. The second-order valence-corrected chi connectivity index (χ2v) is 6.19. The minimum atomic E-state index is 0.0584. The molecule has 1 N–H and O–H groups in total. The van der Waals surface area contributed by atoms with E-state index in [0.29, 0.717) is 18.2 Å². The molecule has 1 fully saturated rings. The van der Waals surface area contributed by atoms with Crippen LogP contribution in [-0.2, 0) is 4.79 Å². The Morgan fingerprint density at radius 3 is 2.95 bits per heavy atom. The summed E-state index contributed by atoms with van der Waals surface area (Å²) in [6.45, 7) is 1.54. The van der Waals surface area contributed by atoms with Crippen LogP contribution < -0.4 is 10.1 Å². The molecule has 1 saturated carbocycles. The summed E-state index contributed by atoms with van der Waals surface area (Å²) in [4.78, 5) is 18.2. The fraction of sp³-hybridized carbons (Fsp3) is 0.571. The fourth-order valence-electron chi connectivity index (χ4n) is 1.76. The molecule has 0 aliphatic heterocycles. The third-order valence-electron chi connectivity index (χ3n) is 3.01. The van der Waals surface area contributed by atoms with Gasteiger partial charge >= 0.3 is 0 Å². The Morgan fingerprint density at radius 1 is 1.55 bits per heavy atom. The average Bonchev–Trinajstić information content (AvgIpc) is 3.20. The van der Waals surface area contributed by atoms with E-state index in [-0.39, 0.29) is 11.8 Å². The third-order valence-corrected chi connectivity index (χ3v) is 3.45. The molecular formula is C14H20BrN3O2. The topological polar surface area (TPSA) is 54.5 Å². The van der Waals surface area contributed by atoms with Crippen molar-refractivity contribution >= 4 is 27.5 Å². The highest BCUT2D eigenvalue weighted by molar-refractivity contribution is 9.10. The van der Waals surface area contributed by atoms with E-state index in [2.05, 4.69) is 31.1 Å². The van der Waals surface area contributed by atoms with E-state index in [1.807, 2.05) is 20.2 Å².